The molecule has 0 radical (unpaired) electrons. The number of likely N-dealkylation sites (tertiary alicyclic amines) is 1. The van der Waals surface area contributed by atoms with Crippen LogP contribution in [0.5, 0.6) is 0 Å². The Morgan fingerprint density at radius 3 is 2.72 bits per heavy atom. The molecule has 134 valence electrons. The van der Waals surface area contributed by atoms with Crippen LogP contribution in [0.3, 0.4) is 0 Å². The lowest BCUT2D eigenvalue weighted by atomic mass is 10.0. The van der Waals surface area contributed by atoms with Crippen molar-refractivity contribution in [3.8, 4) is 0 Å². The summed E-state index contributed by atoms with van der Waals surface area (Å²) in [5.74, 6) is 0.598. The Kier molecular flexibility index (Phi) is 4.25. The minimum absolute atomic E-state index is 0.000240. The third-order valence-electron chi connectivity index (χ3n) is 5.40. The van der Waals surface area contributed by atoms with Crippen LogP contribution in [0.25, 0.3) is 0 Å². The Morgan fingerprint density at radius 2 is 2.00 bits per heavy atom. The third kappa shape index (κ3) is 2.93. The lowest BCUT2D eigenvalue weighted by Gasteiger charge is -2.29. The molecule has 1 unspecified atom stereocenters. The number of amides is 3. The zero-order valence-corrected chi connectivity index (χ0v) is 14.5. The number of carbonyl (C=O) groups is 2. The summed E-state index contributed by atoms with van der Waals surface area (Å²) in [4.78, 5) is 31.1. The van der Waals surface area contributed by atoms with Crippen molar-refractivity contribution >= 4 is 11.9 Å². The van der Waals surface area contributed by atoms with Gasteiger partial charge in [-0.05, 0) is 38.1 Å². The standard InChI is InChI=1S/C18H24N4O3/c1-20-13-12-22(10-9-21-7-3-2-4-8-21)17(23)15(13)16(19-18(20)24)14-6-5-11-25-14/h5-6,11,16H,2-4,7-10,12H2,1H3,(H,19,24). The van der Waals surface area contributed by atoms with Crippen LogP contribution in [-0.2, 0) is 4.79 Å². The maximum atomic E-state index is 13.0. The van der Waals surface area contributed by atoms with E-state index in [0.717, 1.165) is 25.3 Å². The number of hydrogen-bond donors (Lipinski definition) is 1. The van der Waals surface area contributed by atoms with E-state index in [1.165, 1.54) is 19.3 Å². The van der Waals surface area contributed by atoms with Gasteiger partial charge in [0, 0.05) is 20.1 Å². The normalized spacial score (nSPS) is 24.8. The maximum Gasteiger partial charge on any atom is 0.322 e. The first-order valence-corrected chi connectivity index (χ1v) is 8.97. The van der Waals surface area contributed by atoms with Crippen molar-refractivity contribution in [2.24, 2.45) is 0 Å². The Bertz CT molecular complexity index is 691. The largest absolute Gasteiger partial charge is 0.467 e. The van der Waals surface area contributed by atoms with E-state index in [2.05, 4.69) is 10.2 Å². The quantitative estimate of drug-likeness (QED) is 0.900. The molecule has 1 N–H and O–H groups in total. The van der Waals surface area contributed by atoms with Gasteiger partial charge in [-0.25, -0.2) is 4.79 Å². The Hall–Kier alpha value is -2.28. The van der Waals surface area contributed by atoms with Crippen LogP contribution in [0.4, 0.5) is 4.79 Å². The highest BCUT2D eigenvalue weighted by atomic mass is 16.3. The number of urea groups is 1. The van der Waals surface area contributed by atoms with Crippen LogP contribution >= 0.6 is 0 Å². The predicted octanol–water partition coefficient (Wildman–Crippen LogP) is 1.56. The van der Waals surface area contributed by atoms with Gasteiger partial charge < -0.3 is 19.5 Å². The Morgan fingerprint density at radius 1 is 1.20 bits per heavy atom. The van der Waals surface area contributed by atoms with E-state index in [0.29, 0.717) is 24.4 Å². The molecule has 4 heterocycles. The van der Waals surface area contributed by atoms with Gasteiger partial charge in [0.05, 0.1) is 24.1 Å². The molecule has 25 heavy (non-hydrogen) atoms. The van der Waals surface area contributed by atoms with Crippen molar-refractivity contribution in [1.82, 2.24) is 20.0 Å². The summed E-state index contributed by atoms with van der Waals surface area (Å²) in [6.07, 6.45) is 5.35. The molecule has 0 saturated carbocycles. The molecule has 0 bridgehead atoms. The van der Waals surface area contributed by atoms with Crippen molar-refractivity contribution in [3.05, 3.63) is 35.4 Å². The highest BCUT2D eigenvalue weighted by molar-refractivity contribution is 6.01. The zero-order valence-electron chi connectivity index (χ0n) is 14.5. The summed E-state index contributed by atoms with van der Waals surface area (Å²) in [5.41, 5.74) is 1.42. The highest BCUT2D eigenvalue weighted by Crippen LogP contribution is 2.35. The number of likely N-dealkylation sites (N-methyl/N-ethyl adjacent to an activating group) is 1. The van der Waals surface area contributed by atoms with E-state index in [-0.39, 0.29) is 11.9 Å². The third-order valence-corrected chi connectivity index (χ3v) is 5.40. The van der Waals surface area contributed by atoms with E-state index in [1.807, 2.05) is 4.90 Å². The van der Waals surface area contributed by atoms with Crippen LogP contribution in [0.15, 0.2) is 34.1 Å². The zero-order chi connectivity index (χ0) is 17.4. The molecule has 4 rings (SSSR count). The molecule has 7 heteroatoms. The smallest absolute Gasteiger partial charge is 0.322 e. The van der Waals surface area contributed by atoms with Crippen LogP contribution in [0, 0.1) is 0 Å². The molecule has 3 amide bonds. The summed E-state index contributed by atoms with van der Waals surface area (Å²) in [5, 5.41) is 2.87. The van der Waals surface area contributed by atoms with Gasteiger partial charge in [0.2, 0.25) is 0 Å². The second-order valence-electron chi connectivity index (χ2n) is 6.95. The van der Waals surface area contributed by atoms with E-state index < -0.39 is 6.04 Å². The Labute approximate surface area is 147 Å². The van der Waals surface area contributed by atoms with Crippen LogP contribution < -0.4 is 5.32 Å². The second-order valence-corrected chi connectivity index (χ2v) is 6.95. The summed E-state index contributed by atoms with van der Waals surface area (Å²) in [6.45, 7) is 4.30. The van der Waals surface area contributed by atoms with Gasteiger partial charge in [0.1, 0.15) is 11.8 Å². The lowest BCUT2D eigenvalue weighted by molar-refractivity contribution is -0.126. The van der Waals surface area contributed by atoms with Gasteiger partial charge in [-0.1, -0.05) is 6.42 Å². The maximum absolute atomic E-state index is 13.0. The molecular formula is C18H24N4O3. The van der Waals surface area contributed by atoms with E-state index in [9.17, 15) is 9.59 Å². The number of furan rings is 1. The molecule has 7 nitrogen and oxygen atoms in total. The molecule has 3 aliphatic heterocycles. The average Bonchev–Trinajstić information content (AvgIpc) is 3.26. The van der Waals surface area contributed by atoms with Gasteiger partial charge >= 0.3 is 6.03 Å². The molecule has 1 aromatic rings. The lowest BCUT2D eigenvalue weighted by Crippen LogP contribution is -2.45. The fraction of sp³-hybridized carbons (Fsp3) is 0.556. The Balaban J connectivity index is 1.51. The van der Waals surface area contributed by atoms with Crippen molar-refractivity contribution in [2.45, 2.75) is 25.3 Å². The minimum atomic E-state index is -0.499. The topological polar surface area (TPSA) is 69.0 Å². The van der Waals surface area contributed by atoms with Gasteiger partial charge in [-0.15, -0.1) is 0 Å². The van der Waals surface area contributed by atoms with Gasteiger partial charge in [-0.2, -0.15) is 0 Å². The fourth-order valence-electron chi connectivity index (χ4n) is 3.92. The predicted molar refractivity (Wildman–Crippen MR) is 91.6 cm³/mol. The van der Waals surface area contributed by atoms with Gasteiger partial charge in [0.25, 0.3) is 5.91 Å². The van der Waals surface area contributed by atoms with Gasteiger partial charge in [0.15, 0.2) is 0 Å². The summed E-state index contributed by atoms with van der Waals surface area (Å²) < 4.78 is 5.46. The minimum Gasteiger partial charge on any atom is -0.467 e. The number of hydrogen-bond acceptors (Lipinski definition) is 4. The van der Waals surface area contributed by atoms with Crippen molar-refractivity contribution in [1.29, 1.82) is 0 Å². The number of piperidine rings is 1. The van der Waals surface area contributed by atoms with E-state index in [1.54, 1.807) is 30.3 Å². The molecule has 0 aliphatic carbocycles. The first-order chi connectivity index (χ1) is 12.1. The molecular weight excluding hydrogens is 320 g/mol. The molecule has 1 aromatic heterocycles. The van der Waals surface area contributed by atoms with Crippen molar-refractivity contribution in [2.75, 3.05) is 39.8 Å². The van der Waals surface area contributed by atoms with E-state index in [4.69, 9.17) is 4.42 Å². The molecule has 1 fully saturated rings. The van der Waals surface area contributed by atoms with Crippen LogP contribution in [0.1, 0.15) is 31.1 Å². The molecule has 1 atom stereocenters. The number of carbonyl (C=O) groups excluding carboxylic acids is 2. The first kappa shape index (κ1) is 16.2. The molecule has 1 saturated heterocycles. The number of nitrogens with zero attached hydrogens (tertiary/aromatic N) is 3. The van der Waals surface area contributed by atoms with E-state index >= 15 is 0 Å². The second kappa shape index (κ2) is 6.55. The van der Waals surface area contributed by atoms with Crippen molar-refractivity contribution < 1.29 is 14.0 Å². The molecule has 3 aliphatic rings. The first-order valence-electron chi connectivity index (χ1n) is 8.97. The van der Waals surface area contributed by atoms with Gasteiger partial charge in [-0.3, -0.25) is 9.69 Å². The molecule has 0 spiro atoms. The fourth-order valence-corrected chi connectivity index (χ4v) is 3.92. The SMILES string of the molecule is CN1C(=O)NC(c2ccco2)C2=C1CN(CCN1CCCCC1)C2=O. The number of rotatable bonds is 4. The average molecular weight is 344 g/mol. The summed E-state index contributed by atoms with van der Waals surface area (Å²) in [7, 11) is 1.71. The van der Waals surface area contributed by atoms with Crippen molar-refractivity contribution in [3.63, 3.8) is 0 Å². The summed E-state index contributed by atoms with van der Waals surface area (Å²) in [6, 6.07) is 2.87. The molecule has 0 aromatic carbocycles. The van der Waals surface area contributed by atoms with Crippen LogP contribution in [0.2, 0.25) is 0 Å². The number of nitrogens with one attached hydrogen (secondary N) is 1. The monoisotopic (exact) mass is 344 g/mol. The highest BCUT2D eigenvalue weighted by Gasteiger charge is 2.43. The van der Waals surface area contributed by atoms with Crippen LogP contribution in [-0.4, -0.2) is 66.4 Å². The summed E-state index contributed by atoms with van der Waals surface area (Å²) >= 11 is 0.